The molecule has 1 fully saturated rings. The van der Waals surface area contributed by atoms with Crippen molar-refractivity contribution in [1.82, 2.24) is 0 Å². The Morgan fingerprint density at radius 3 is 2.93 bits per heavy atom. The minimum Gasteiger partial charge on any atom is -0.465 e. The first kappa shape index (κ1) is 10.6. The molecule has 1 aliphatic heterocycles. The Labute approximate surface area is 96.2 Å². The van der Waals surface area contributed by atoms with E-state index in [2.05, 4.69) is 15.9 Å². The predicted octanol–water partition coefficient (Wildman–Crippen LogP) is 2.05. The van der Waals surface area contributed by atoms with Gasteiger partial charge in [0.2, 0.25) is 0 Å². The average molecular weight is 271 g/mol. The Balaban J connectivity index is 2.13. The molecular weight excluding hydrogens is 260 g/mol. The predicted molar refractivity (Wildman–Crippen MR) is 58.2 cm³/mol. The van der Waals surface area contributed by atoms with Gasteiger partial charge in [0, 0.05) is 10.4 Å². The summed E-state index contributed by atoms with van der Waals surface area (Å²) in [7, 11) is 0. The SMILES string of the molecule is O=C1C[C@@H]([C@@H](O)c2cccc(Br)c2)CO1. The molecule has 1 aromatic rings. The minimum atomic E-state index is -0.631. The maximum atomic E-state index is 10.9. The molecule has 1 saturated heterocycles. The van der Waals surface area contributed by atoms with Crippen molar-refractivity contribution in [2.75, 3.05) is 6.61 Å². The number of esters is 1. The number of benzene rings is 1. The van der Waals surface area contributed by atoms with Crippen LogP contribution >= 0.6 is 15.9 Å². The van der Waals surface area contributed by atoms with E-state index in [4.69, 9.17) is 4.74 Å². The second-order valence-electron chi connectivity index (χ2n) is 3.65. The molecule has 2 atom stereocenters. The summed E-state index contributed by atoms with van der Waals surface area (Å²) < 4.78 is 5.75. The normalized spacial score (nSPS) is 22.5. The van der Waals surface area contributed by atoms with Gasteiger partial charge in [0.05, 0.1) is 19.1 Å². The highest BCUT2D eigenvalue weighted by Crippen LogP contribution is 2.30. The first-order chi connectivity index (χ1) is 7.16. The Hall–Kier alpha value is -0.870. The van der Waals surface area contributed by atoms with Crippen molar-refractivity contribution in [3.8, 4) is 0 Å². The molecule has 0 amide bonds. The summed E-state index contributed by atoms with van der Waals surface area (Å²) in [6, 6.07) is 7.46. The van der Waals surface area contributed by atoms with Gasteiger partial charge in [-0.1, -0.05) is 28.1 Å². The molecule has 0 unspecified atom stereocenters. The number of ether oxygens (including phenoxy) is 1. The lowest BCUT2D eigenvalue weighted by Gasteiger charge is -2.15. The fourth-order valence-corrected chi connectivity index (χ4v) is 2.11. The Morgan fingerprint density at radius 1 is 1.53 bits per heavy atom. The van der Waals surface area contributed by atoms with Gasteiger partial charge >= 0.3 is 5.97 Å². The van der Waals surface area contributed by atoms with E-state index in [1.807, 2.05) is 24.3 Å². The van der Waals surface area contributed by atoms with Crippen LogP contribution in [0.15, 0.2) is 28.7 Å². The smallest absolute Gasteiger partial charge is 0.306 e. The number of halogens is 1. The van der Waals surface area contributed by atoms with Crippen LogP contribution in [-0.4, -0.2) is 17.7 Å². The summed E-state index contributed by atoms with van der Waals surface area (Å²) in [6.45, 7) is 0.312. The second-order valence-corrected chi connectivity index (χ2v) is 4.56. The molecule has 2 rings (SSSR count). The van der Waals surface area contributed by atoms with Gasteiger partial charge in [-0.2, -0.15) is 0 Å². The first-order valence-electron chi connectivity index (χ1n) is 4.76. The number of carbonyl (C=O) groups excluding carboxylic acids is 1. The van der Waals surface area contributed by atoms with Crippen molar-refractivity contribution >= 4 is 21.9 Å². The zero-order valence-corrected chi connectivity index (χ0v) is 9.61. The van der Waals surface area contributed by atoms with Gasteiger partial charge in [0.15, 0.2) is 0 Å². The van der Waals surface area contributed by atoms with E-state index >= 15 is 0 Å². The van der Waals surface area contributed by atoms with Crippen molar-refractivity contribution in [3.05, 3.63) is 34.3 Å². The summed E-state index contributed by atoms with van der Waals surface area (Å²) in [5, 5.41) is 10.0. The maximum Gasteiger partial charge on any atom is 0.306 e. The van der Waals surface area contributed by atoms with E-state index in [9.17, 15) is 9.90 Å². The van der Waals surface area contributed by atoms with E-state index in [0.29, 0.717) is 13.0 Å². The number of aliphatic hydroxyl groups is 1. The van der Waals surface area contributed by atoms with Crippen LogP contribution in [0.4, 0.5) is 0 Å². The van der Waals surface area contributed by atoms with E-state index in [0.717, 1.165) is 10.0 Å². The van der Waals surface area contributed by atoms with Crippen LogP contribution in [0, 0.1) is 5.92 Å². The van der Waals surface area contributed by atoms with Crippen LogP contribution in [0.5, 0.6) is 0 Å². The van der Waals surface area contributed by atoms with Gasteiger partial charge in [0.25, 0.3) is 0 Å². The van der Waals surface area contributed by atoms with Crippen LogP contribution in [-0.2, 0) is 9.53 Å². The van der Waals surface area contributed by atoms with Crippen LogP contribution in [0.1, 0.15) is 18.1 Å². The van der Waals surface area contributed by atoms with Crippen molar-refractivity contribution in [3.63, 3.8) is 0 Å². The number of carbonyl (C=O) groups is 1. The molecule has 0 saturated carbocycles. The summed E-state index contributed by atoms with van der Waals surface area (Å²) in [4.78, 5) is 10.9. The lowest BCUT2D eigenvalue weighted by molar-refractivity contribution is -0.137. The lowest BCUT2D eigenvalue weighted by Crippen LogP contribution is -2.12. The van der Waals surface area contributed by atoms with E-state index in [1.54, 1.807) is 0 Å². The van der Waals surface area contributed by atoms with Gasteiger partial charge in [-0.15, -0.1) is 0 Å². The molecule has 3 nitrogen and oxygen atoms in total. The third-order valence-corrected chi connectivity index (χ3v) is 3.02. The summed E-state index contributed by atoms with van der Waals surface area (Å²) in [5.41, 5.74) is 0.813. The van der Waals surface area contributed by atoms with Gasteiger partial charge in [-0.05, 0) is 17.7 Å². The monoisotopic (exact) mass is 270 g/mol. The van der Waals surface area contributed by atoms with Crippen molar-refractivity contribution < 1.29 is 14.6 Å². The quantitative estimate of drug-likeness (QED) is 0.837. The fraction of sp³-hybridized carbons (Fsp3) is 0.364. The van der Waals surface area contributed by atoms with Gasteiger partial charge in [-0.25, -0.2) is 0 Å². The van der Waals surface area contributed by atoms with Gasteiger partial charge < -0.3 is 9.84 Å². The molecule has 1 N–H and O–H groups in total. The van der Waals surface area contributed by atoms with Crippen LogP contribution < -0.4 is 0 Å². The molecule has 0 bridgehead atoms. The third-order valence-electron chi connectivity index (χ3n) is 2.52. The number of hydrogen-bond acceptors (Lipinski definition) is 3. The lowest BCUT2D eigenvalue weighted by atomic mass is 9.95. The maximum absolute atomic E-state index is 10.9. The number of cyclic esters (lactones) is 1. The Bertz CT molecular complexity index is 378. The highest BCUT2D eigenvalue weighted by atomic mass is 79.9. The van der Waals surface area contributed by atoms with Gasteiger partial charge in [0.1, 0.15) is 0 Å². The van der Waals surface area contributed by atoms with Crippen LogP contribution in [0.3, 0.4) is 0 Å². The number of rotatable bonds is 2. The first-order valence-corrected chi connectivity index (χ1v) is 5.55. The molecule has 80 valence electrons. The van der Waals surface area contributed by atoms with Crippen LogP contribution in [0.25, 0.3) is 0 Å². The standard InChI is InChI=1S/C11H11BrO3/c12-9-3-1-2-7(4-9)11(14)8-5-10(13)15-6-8/h1-4,8,11,14H,5-6H2/t8-,11+/m1/s1. The molecule has 0 aromatic heterocycles. The molecule has 0 aliphatic carbocycles. The zero-order valence-electron chi connectivity index (χ0n) is 8.02. The van der Waals surface area contributed by atoms with E-state index in [1.165, 1.54) is 0 Å². The van der Waals surface area contributed by atoms with Crippen molar-refractivity contribution in [2.45, 2.75) is 12.5 Å². The summed E-state index contributed by atoms with van der Waals surface area (Å²) in [5.74, 6) is -0.346. The van der Waals surface area contributed by atoms with Crippen LogP contribution in [0.2, 0.25) is 0 Å². The largest absolute Gasteiger partial charge is 0.465 e. The highest BCUT2D eigenvalue weighted by Gasteiger charge is 2.30. The van der Waals surface area contributed by atoms with E-state index in [-0.39, 0.29) is 11.9 Å². The van der Waals surface area contributed by atoms with Crippen molar-refractivity contribution in [2.24, 2.45) is 5.92 Å². The molecule has 1 aromatic carbocycles. The summed E-state index contributed by atoms with van der Waals surface area (Å²) >= 11 is 3.34. The number of hydrogen-bond donors (Lipinski definition) is 1. The average Bonchev–Trinajstić information content (AvgIpc) is 2.64. The van der Waals surface area contributed by atoms with Gasteiger partial charge in [-0.3, -0.25) is 4.79 Å². The topological polar surface area (TPSA) is 46.5 Å². The molecular formula is C11H11BrO3. The zero-order chi connectivity index (χ0) is 10.8. The molecule has 0 spiro atoms. The molecule has 1 aliphatic rings. The molecule has 0 radical (unpaired) electrons. The Morgan fingerprint density at radius 2 is 2.33 bits per heavy atom. The fourth-order valence-electron chi connectivity index (χ4n) is 1.70. The number of aliphatic hydroxyl groups excluding tert-OH is 1. The molecule has 4 heteroatoms. The van der Waals surface area contributed by atoms with E-state index < -0.39 is 6.10 Å². The minimum absolute atomic E-state index is 0.119. The molecule has 15 heavy (non-hydrogen) atoms. The Kier molecular flexibility index (Phi) is 3.07. The summed E-state index contributed by atoms with van der Waals surface area (Å²) in [6.07, 6.45) is -0.331. The third kappa shape index (κ3) is 2.38. The second kappa shape index (κ2) is 4.33. The molecule has 1 heterocycles. The highest BCUT2D eigenvalue weighted by molar-refractivity contribution is 9.10. The van der Waals surface area contributed by atoms with Crippen molar-refractivity contribution in [1.29, 1.82) is 0 Å².